The average Bonchev–Trinajstić information content (AvgIpc) is 2.94. The highest BCUT2D eigenvalue weighted by Gasteiger charge is 2.40. The number of hydrogen-bond acceptors (Lipinski definition) is 4. The van der Waals surface area contributed by atoms with Crippen LogP contribution in [0.3, 0.4) is 0 Å². The van der Waals surface area contributed by atoms with E-state index in [9.17, 15) is 4.79 Å². The predicted molar refractivity (Wildman–Crippen MR) is 94.9 cm³/mol. The van der Waals surface area contributed by atoms with Crippen molar-refractivity contribution in [2.24, 2.45) is 0 Å². The van der Waals surface area contributed by atoms with Crippen molar-refractivity contribution in [1.29, 1.82) is 0 Å². The van der Waals surface area contributed by atoms with Gasteiger partial charge in [-0.2, -0.15) is 5.10 Å². The molecule has 2 saturated heterocycles. The molecule has 1 amide bonds. The Morgan fingerprint density at radius 3 is 2.75 bits per heavy atom. The van der Waals surface area contributed by atoms with Crippen molar-refractivity contribution in [3.63, 3.8) is 0 Å². The molecular weight excluding hydrogens is 326 g/mol. The van der Waals surface area contributed by atoms with E-state index in [4.69, 9.17) is 0 Å². The fourth-order valence-electron chi connectivity index (χ4n) is 4.12. The maximum atomic E-state index is 13.3. The minimum absolute atomic E-state index is 0. The summed E-state index contributed by atoms with van der Waals surface area (Å²) in [6.07, 6.45) is 3.24. The zero-order valence-electron chi connectivity index (χ0n) is 14.4. The number of fused-ring (bicyclic) bond motifs is 3. The molecule has 2 fully saturated rings. The lowest BCUT2D eigenvalue weighted by Crippen LogP contribution is -2.42. The van der Waals surface area contributed by atoms with Gasteiger partial charge in [0.2, 0.25) is 0 Å². The third-order valence-corrected chi connectivity index (χ3v) is 5.17. The molecule has 2 atom stereocenters. The quantitative estimate of drug-likeness (QED) is 0.855. The Labute approximate surface area is 148 Å². The third-order valence-electron chi connectivity index (χ3n) is 5.17. The number of rotatable bonds is 1. The van der Waals surface area contributed by atoms with E-state index in [0.29, 0.717) is 23.3 Å². The number of aryl methyl sites for hydroxylation is 3. The second kappa shape index (κ2) is 6.33. The molecule has 0 aliphatic carbocycles. The molecule has 2 unspecified atom stereocenters. The standard InChI is InChI=1S/C17H23N5O.ClH/c1-10-8-11(2)22-16(19-10)15(12(3)20-22)17(23)21-13-4-5-14(21)9-18-7-6-13;/h8,13-14,18H,4-7,9H2,1-3H3;1H. The monoisotopic (exact) mass is 349 g/mol. The number of halogens is 1. The van der Waals surface area contributed by atoms with Crippen LogP contribution in [0.4, 0.5) is 0 Å². The van der Waals surface area contributed by atoms with Gasteiger partial charge in [-0.25, -0.2) is 9.50 Å². The summed E-state index contributed by atoms with van der Waals surface area (Å²) in [5, 5.41) is 8.00. The van der Waals surface area contributed by atoms with E-state index in [1.807, 2.05) is 26.8 Å². The number of carbonyl (C=O) groups excluding carboxylic acids is 1. The number of hydrogen-bond donors (Lipinski definition) is 1. The average molecular weight is 350 g/mol. The topological polar surface area (TPSA) is 62.5 Å². The zero-order chi connectivity index (χ0) is 16.1. The van der Waals surface area contributed by atoms with Gasteiger partial charge in [-0.3, -0.25) is 4.79 Å². The molecule has 0 aromatic carbocycles. The normalized spacial score (nSPS) is 23.2. The molecule has 2 aliphatic heterocycles. The van der Waals surface area contributed by atoms with Crippen LogP contribution in [0, 0.1) is 20.8 Å². The second-order valence-electron chi connectivity index (χ2n) is 6.82. The SMILES string of the molecule is Cc1cc(C)n2nc(C)c(C(=O)N3C4CCNCC3CC4)c2n1.Cl. The Kier molecular flexibility index (Phi) is 4.53. The minimum atomic E-state index is 0. The summed E-state index contributed by atoms with van der Waals surface area (Å²) >= 11 is 0. The second-order valence-corrected chi connectivity index (χ2v) is 6.82. The van der Waals surface area contributed by atoms with E-state index in [1.54, 1.807) is 4.52 Å². The van der Waals surface area contributed by atoms with Crippen molar-refractivity contribution in [3.8, 4) is 0 Å². The van der Waals surface area contributed by atoms with Crippen molar-refractivity contribution in [3.05, 3.63) is 28.7 Å². The first-order valence-corrected chi connectivity index (χ1v) is 8.43. The molecular formula is C17H24ClN5O. The Hall–Kier alpha value is -1.66. The number of carbonyl (C=O) groups is 1. The molecule has 2 bridgehead atoms. The summed E-state index contributed by atoms with van der Waals surface area (Å²) in [5.41, 5.74) is 4.07. The van der Waals surface area contributed by atoms with E-state index < -0.39 is 0 Å². The van der Waals surface area contributed by atoms with Crippen LogP contribution in [0.1, 0.15) is 46.7 Å². The van der Waals surface area contributed by atoms with Crippen molar-refractivity contribution >= 4 is 24.0 Å². The van der Waals surface area contributed by atoms with Gasteiger partial charge in [0.1, 0.15) is 5.56 Å². The van der Waals surface area contributed by atoms with Gasteiger partial charge in [0.05, 0.1) is 5.69 Å². The highest BCUT2D eigenvalue weighted by Crippen LogP contribution is 2.31. The van der Waals surface area contributed by atoms with E-state index in [1.165, 1.54) is 0 Å². The van der Waals surface area contributed by atoms with Crippen molar-refractivity contribution < 1.29 is 4.79 Å². The molecule has 130 valence electrons. The minimum Gasteiger partial charge on any atom is -0.331 e. The first-order valence-electron chi connectivity index (χ1n) is 8.43. The van der Waals surface area contributed by atoms with Crippen LogP contribution in [0.2, 0.25) is 0 Å². The Bertz CT molecular complexity index is 773. The molecule has 1 N–H and O–H groups in total. The largest absolute Gasteiger partial charge is 0.331 e. The van der Waals surface area contributed by atoms with Crippen molar-refractivity contribution in [1.82, 2.24) is 24.8 Å². The smallest absolute Gasteiger partial charge is 0.260 e. The van der Waals surface area contributed by atoms with Crippen LogP contribution in [-0.4, -0.2) is 50.6 Å². The molecule has 6 nitrogen and oxygen atoms in total. The zero-order valence-corrected chi connectivity index (χ0v) is 15.2. The van der Waals surface area contributed by atoms with Crippen LogP contribution < -0.4 is 5.32 Å². The molecule has 0 spiro atoms. The maximum absolute atomic E-state index is 13.3. The number of amides is 1. The van der Waals surface area contributed by atoms with Crippen LogP contribution in [0.15, 0.2) is 6.07 Å². The summed E-state index contributed by atoms with van der Waals surface area (Å²) in [6.45, 7) is 7.76. The predicted octanol–water partition coefficient (Wildman–Crippen LogP) is 2.04. The van der Waals surface area contributed by atoms with E-state index >= 15 is 0 Å². The van der Waals surface area contributed by atoms with Gasteiger partial charge in [0.15, 0.2) is 5.65 Å². The fourth-order valence-corrected chi connectivity index (χ4v) is 4.12. The summed E-state index contributed by atoms with van der Waals surface area (Å²) in [6, 6.07) is 2.64. The fraction of sp³-hybridized carbons (Fsp3) is 0.588. The van der Waals surface area contributed by atoms with E-state index in [0.717, 1.165) is 49.4 Å². The highest BCUT2D eigenvalue weighted by atomic mass is 35.5. The van der Waals surface area contributed by atoms with Gasteiger partial charge < -0.3 is 10.2 Å². The summed E-state index contributed by atoms with van der Waals surface area (Å²) < 4.78 is 1.80. The number of nitrogens with one attached hydrogen (secondary N) is 1. The Morgan fingerprint density at radius 2 is 1.96 bits per heavy atom. The lowest BCUT2D eigenvalue weighted by Gasteiger charge is -2.27. The van der Waals surface area contributed by atoms with Gasteiger partial charge in [-0.1, -0.05) is 0 Å². The van der Waals surface area contributed by atoms with E-state index in [2.05, 4.69) is 20.3 Å². The third kappa shape index (κ3) is 2.58. The van der Waals surface area contributed by atoms with Gasteiger partial charge in [0.25, 0.3) is 5.91 Å². The van der Waals surface area contributed by atoms with Gasteiger partial charge >= 0.3 is 0 Å². The maximum Gasteiger partial charge on any atom is 0.260 e. The Balaban J connectivity index is 0.00000169. The van der Waals surface area contributed by atoms with Crippen molar-refractivity contribution in [2.75, 3.05) is 13.1 Å². The highest BCUT2D eigenvalue weighted by molar-refractivity contribution is 6.01. The molecule has 2 aromatic heterocycles. The van der Waals surface area contributed by atoms with Crippen LogP contribution >= 0.6 is 12.4 Å². The number of aromatic nitrogens is 3. The summed E-state index contributed by atoms with van der Waals surface area (Å²) in [4.78, 5) is 20.0. The lowest BCUT2D eigenvalue weighted by atomic mass is 10.1. The van der Waals surface area contributed by atoms with Crippen LogP contribution in [0.25, 0.3) is 5.65 Å². The molecule has 4 heterocycles. The molecule has 0 saturated carbocycles. The van der Waals surface area contributed by atoms with Gasteiger partial charge in [0, 0.05) is 30.0 Å². The van der Waals surface area contributed by atoms with E-state index in [-0.39, 0.29) is 18.3 Å². The van der Waals surface area contributed by atoms with Gasteiger partial charge in [-0.05, 0) is 52.6 Å². The molecule has 24 heavy (non-hydrogen) atoms. The molecule has 0 radical (unpaired) electrons. The van der Waals surface area contributed by atoms with Crippen molar-refractivity contribution in [2.45, 2.75) is 52.1 Å². The Morgan fingerprint density at radius 1 is 1.21 bits per heavy atom. The summed E-state index contributed by atoms with van der Waals surface area (Å²) in [7, 11) is 0. The first-order chi connectivity index (χ1) is 11.1. The number of nitrogens with zero attached hydrogens (tertiary/aromatic N) is 4. The molecule has 2 aromatic rings. The van der Waals surface area contributed by atoms with Crippen LogP contribution in [-0.2, 0) is 0 Å². The van der Waals surface area contributed by atoms with Crippen LogP contribution in [0.5, 0.6) is 0 Å². The first kappa shape index (κ1) is 17.2. The molecule has 4 rings (SSSR count). The molecule has 2 aliphatic rings. The van der Waals surface area contributed by atoms with Gasteiger partial charge in [-0.15, -0.1) is 12.4 Å². The summed E-state index contributed by atoms with van der Waals surface area (Å²) in [5.74, 6) is 0.103. The lowest BCUT2D eigenvalue weighted by molar-refractivity contribution is 0.0681. The molecule has 7 heteroatoms.